The summed E-state index contributed by atoms with van der Waals surface area (Å²) in [6.07, 6.45) is 2.77. The minimum absolute atomic E-state index is 0. The Morgan fingerprint density at radius 3 is 2.35 bits per heavy atom. The molecule has 0 bridgehead atoms. The highest BCUT2D eigenvalue weighted by molar-refractivity contribution is 6.31. The number of fused-ring (bicyclic) bond motifs is 1. The van der Waals surface area contributed by atoms with Gasteiger partial charge in [-0.05, 0) is 67.4 Å². The van der Waals surface area contributed by atoms with Crippen LogP contribution in [0, 0.1) is 0 Å². The average molecular weight is 539 g/mol. The predicted molar refractivity (Wildman–Crippen MR) is 150 cm³/mol. The Morgan fingerprint density at radius 2 is 1.65 bits per heavy atom. The smallest absolute Gasteiger partial charge is 0.128 e. The summed E-state index contributed by atoms with van der Waals surface area (Å²) in [6, 6.07) is 19.3. The third-order valence-electron chi connectivity index (χ3n) is 5.58. The van der Waals surface area contributed by atoms with Crippen LogP contribution in [0.5, 0.6) is 5.75 Å². The molecule has 0 saturated carbocycles. The molecule has 0 aliphatic heterocycles. The lowest BCUT2D eigenvalue weighted by Crippen LogP contribution is -2.24. The maximum Gasteiger partial charge on any atom is 0.128 e. The summed E-state index contributed by atoms with van der Waals surface area (Å²) in [7, 11) is 0. The van der Waals surface area contributed by atoms with Crippen LogP contribution in [0.1, 0.15) is 25.8 Å². The topological polar surface area (TPSA) is 57.2 Å². The van der Waals surface area contributed by atoms with E-state index in [1.54, 1.807) is 6.20 Å². The summed E-state index contributed by atoms with van der Waals surface area (Å²) in [5.74, 6) is 0.264. The first-order chi connectivity index (χ1) is 15.4. The second-order valence-corrected chi connectivity index (χ2v) is 8.75. The van der Waals surface area contributed by atoms with E-state index in [0.29, 0.717) is 22.6 Å². The number of rotatable bonds is 7. The third-order valence-corrected chi connectivity index (χ3v) is 6.07. The first-order valence-corrected chi connectivity index (χ1v) is 11.4. The zero-order chi connectivity index (χ0) is 22.7. The molecule has 3 N–H and O–H groups in total. The fraction of sp³-hybridized carbons (Fsp3) is 0.192. The second kappa shape index (κ2) is 12.5. The molecule has 4 rings (SSSR count). The van der Waals surface area contributed by atoms with Gasteiger partial charge in [-0.1, -0.05) is 42.3 Å². The van der Waals surface area contributed by atoms with Crippen LogP contribution in [-0.4, -0.2) is 16.1 Å². The Hall–Kier alpha value is -2.21. The Morgan fingerprint density at radius 1 is 0.941 bits per heavy atom. The lowest BCUT2D eigenvalue weighted by Gasteiger charge is -2.18. The molecule has 3 aromatic carbocycles. The minimum atomic E-state index is 0. The van der Waals surface area contributed by atoms with Gasteiger partial charge in [0.15, 0.2) is 0 Å². The van der Waals surface area contributed by atoms with E-state index in [1.807, 2.05) is 60.7 Å². The van der Waals surface area contributed by atoms with Gasteiger partial charge in [0.1, 0.15) is 5.75 Å². The number of pyridine rings is 1. The Kier molecular flexibility index (Phi) is 10.3. The van der Waals surface area contributed by atoms with Crippen molar-refractivity contribution >= 4 is 70.3 Å². The lowest BCUT2D eigenvalue weighted by molar-refractivity contribution is 0.459. The molecule has 0 aliphatic rings. The molecule has 8 heteroatoms. The standard InChI is InChI=1S/C26H25Cl2N3O.2ClH/c1-3-16(2)30-15-18-12-21(14-23(26(18)32)17-4-6-19(27)7-5-17)31-24-10-11-29-25-13-20(28)8-9-22(24)25;;/h4-14,16,30,32H,3,15H2,1-2H3,(H,29,31);2*1H. The number of phenolic OH excluding ortho intramolecular Hbond substituents is 1. The van der Waals surface area contributed by atoms with Crippen LogP contribution in [0.25, 0.3) is 22.0 Å². The molecule has 180 valence electrons. The number of anilines is 2. The van der Waals surface area contributed by atoms with Crippen LogP contribution in [0.3, 0.4) is 0 Å². The number of halogens is 4. The molecule has 34 heavy (non-hydrogen) atoms. The summed E-state index contributed by atoms with van der Waals surface area (Å²) in [4.78, 5) is 4.42. The third kappa shape index (κ3) is 6.47. The fourth-order valence-corrected chi connectivity index (χ4v) is 3.86. The molecule has 1 unspecified atom stereocenters. The number of nitrogens with zero attached hydrogens (tertiary/aromatic N) is 1. The van der Waals surface area contributed by atoms with Crippen LogP contribution in [0.4, 0.5) is 11.4 Å². The van der Waals surface area contributed by atoms with Gasteiger partial charge in [0.25, 0.3) is 0 Å². The fourth-order valence-electron chi connectivity index (χ4n) is 3.57. The van der Waals surface area contributed by atoms with Crippen LogP contribution in [0.15, 0.2) is 66.9 Å². The first-order valence-electron chi connectivity index (χ1n) is 10.6. The zero-order valence-corrected chi connectivity index (χ0v) is 22.0. The van der Waals surface area contributed by atoms with Gasteiger partial charge in [-0.2, -0.15) is 0 Å². The summed E-state index contributed by atoms with van der Waals surface area (Å²) >= 11 is 12.2. The predicted octanol–water partition coefficient (Wildman–Crippen LogP) is 8.39. The SMILES string of the molecule is CCC(C)NCc1cc(Nc2ccnc3cc(Cl)ccc23)cc(-c2ccc(Cl)cc2)c1O.Cl.Cl. The number of phenols is 1. The first kappa shape index (κ1) is 28.0. The average Bonchev–Trinajstić information content (AvgIpc) is 2.79. The molecule has 1 aromatic heterocycles. The largest absolute Gasteiger partial charge is 0.507 e. The normalized spacial score (nSPS) is 11.4. The van der Waals surface area contributed by atoms with Crippen molar-refractivity contribution in [3.05, 3.63) is 82.5 Å². The van der Waals surface area contributed by atoms with E-state index in [9.17, 15) is 5.11 Å². The maximum absolute atomic E-state index is 11.1. The van der Waals surface area contributed by atoms with E-state index in [-0.39, 0.29) is 30.6 Å². The molecule has 0 amide bonds. The zero-order valence-electron chi connectivity index (χ0n) is 18.8. The van der Waals surface area contributed by atoms with Gasteiger partial charge in [0, 0.05) is 56.7 Å². The highest BCUT2D eigenvalue weighted by Gasteiger charge is 2.14. The summed E-state index contributed by atoms with van der Waals surface area (Å²) < 4.78 is 0. The van der Waals surface area contributed by atoms with Crippen molar-refractivity contribution in [1.82, 2.24) is 10.3 Å². The van der Waals surface area contributed by atoms with E-state index in [2.05, 4.69) is 29.5 Å². The molecule has 0 aliphatic carbocycles. The van der Waals surface area contributed by atoms with Crippen molar-refractivity contribution < 1.29 is 5.11 Å². The van der Waals surface area contributed by atoms with Gasteiger partial charge in [-0.15, -0.1) is 24.8 Å². The van der Waals surface area contributed by atoms with Crippen LogP contribution >= 0.6 is 48.0 Å². The number of hydrogen-bond donors (Lipinski definition) is 3. The van der Waals surface area contributed by atoms with E-state index >= 15 is 0 Å². The maximum atomic E-state index is 11.1. The second-order valence-electron chi connectivity index (χ2n) is 7.87. The monoisotopic (exact) mass is 537 g/mol. The Balaban J connectivity index is 0.00000204. The van der Waals surface area contributed by atoms with Crippen LogP contribution in [0.2, 0.25) is 10.0 Å². The number of hydrogen-bond acceptors (Lipinski definition) is 4. The van der Waals surface area contributed by atoms with Gasteiger partial charge >= 0.3 is 0 Å². The van der Waals surface area contributed by atoms with E-state index < -0.39 is 0 Å². The van der Waals surface area contributed by atoms with Gasteiger partial charge in [-0.3, -0.25) is 4.98 Å². The summed E-state index contributed by atoms with van der Waals surface area (Å²) in [5.41, 5.74) is 5.07. The molecule has 4 nitrogen and oxygen atoms in total. The number of aromatic hydroxyl groups is 1. The van der Waals surface area contributed by atoms with Gasteiger partial charge in [0.2, 0.25) is 0 Å². The van der Waals surface area contributed by atoms with E-state index in [1.165, 1.54) is 0 Å². The molecule has 0 fully saturated rings. The summed E-state index contributed by atoms with van der Waals surface area (Å²) in [5, 5.41) is 20.3. The van der Waals surface area contributed by atoms with Gasteiger partial charge < -0.3 is 15.7 Å². The molecule has 1 heterocycles. The molecule has 0 saturated heterocycles. The molecule has 1 atom stereocenters. The Labute approximate surface area is 222 Å². The van der Waals surface area contributed by atoms with Crippen molar-refractivity contribution in [3.63, 3.8) is 0 Å². The molecular weight excluding hydrogens is 512 g/mol. The lowest BCUT2D eigenvalue weighted by atomic mass is 9.99. The van der Waals surface area contributed by atoms with E-state index in [0.717, 1.165) is 45.4 Å². The molecule has 0 radical (unpaired) electrons. The summed E-state index contributed by atoms with van der Waals surface area (Å²) in [6.45, 7) is 4.83. The number of aromatic nitrogens is 1. The van der Waals surface area contributed by atoms with Crippen molar-refractivity contribution in [3.8, 4) is 16.9 Å². The van der Waals surface area contributed by atoms with Crippen molar-refractivity contribution in [2.75, 3.05) is 5.32 Å². The highest BCUT2D eigenvalue weighted by atomic mass is 35.5. The Bertz CT molecular complexity index is 1250. The number of nitrogens with one attached hydrogen (secondary N) is 2. The van der Waals surface area contributed by atoms with Crippen molar-refractivity contribution in [1.29, 1.82) is 0 Å². The van der Waals surface area contributed by atoms with Crippen molar-refractivity contribution in [2.45, 2.75) is 32.9 Å². The van der Waals surface area contributed by atoms with E-state index in [4.69, 9.17) is 23.2 Å². The molecule has 4 aromatic rings. The van der Waals surface area contributed by atoms with Crippen LogP contribution < -0.4 is 10.6 Å². The quantitative estimate of drug-likeness (QED) is 0.207. The number of benzene rings is 3. The van der Waals surface area contributed by atoms with Gasteiger partial charge in [0.05, 0.1) is 5.52 Å². The highest BCUT2D eigenvalue weighted by Crippen LogP contribution is 2.37. The molecule has 0 spiro atoms. The molecular formula is C26H27Cl4N3O. The van der Waals surface area contributed by atoms with Crippen molar-refractivity contribution in [2.24, 2.45) is 0 Å². The minimum Gasteiger partial charge on any atom is -0.507 e. The van der Waals surface area contributed by atoms with Crippen LogP contribution in [-0.2, 0) is 6.54 Å². The van der Waals surface area contributed by atoms with Gasteiger partial charge in [-0.25, -0.2) is 0 Å².